The number of benzene rings is 3. The van der Waals surface area contributed by atoms with Crippen molar-refractivity contribution < 1.29 is 18.0 Å². The summed E-state index contributed by atoms with van der Waals surface area (Å²) in [6.45, 7) is 3.69. The molecular weight excluding hydrogens is 545 g/mol. The van der Waals surface area contributed by atoms with Gasteiger partial charge < -0.3 is 10.2 Å². The predicted molar refractivity (Wildman–Crippen MR) is 153 cm³/mol. The summed E-state index contributed by atoms with van der Waals surface area (Å²) in [5.74, 6) is -0.872. The number of nitrogens with one attached hydrogen (secondary N) is 1. The number of hydrogen-bond acceptors (Lipinski definition) is 4. The molecule has 3 aromatic rings. The van der Waals surface area contributed by atoms with Crippen molar-refractivity contribution in [1.82, 2.24) is 10.2 Å². The fourth-order valence-electron chi connectivity index (χ4n) is 4.13. The van der Waals surface area contributed by atoms with Crippen molar-refractivity contribution in [3.05, 3.63) is 99.5 Å². The average Bonchev–Trinajstić information content (AvgIpc) is 2.85. The van der Waals surface area contributed by atoms with Crippen LogP contribution in [0, 0.1) is 6.92 Å². The van der Waals surface area contributed by atoms with Crippen molar-refractivity contribution in [2.24, 2.45) is 0 Å². The lowest BCUT2D eigenvalue weighted by Crippen LogP contribution is -2.53. The number of carbonyl (C=O) groups excluding carboxylic acids is 2. The van der Waals surface area contributed by atoms with Crippen LogP contribution in [0.2, 0.25) is 10.0 Å². The Hall–Kier alpha value is -3.07. The minimum absolute atomic E-state index is 0.0884. The van der Waals surface area contributed by atoms with Crippen LogP contribution in [0.15, 0.2) is 72.8 Å². The maximum atomic E-state index is 14.0. The van der Waals surface area contributed by atoms with E-state index in [-0.39, 0.29) is 29.6 Å². The highest BCUT2D eigenvalue weighted by atomic mass is 35.5. The molecule has 1 unspecified atom stereocenters. The molecule has 0 aliphatic carbocycles. The van der Waals surface area contributed by atoms with E-state index >= 15 is 0 Å². The molecule has 0 saturated carbocycles. The summed E-state index contributed by atoms with van der Waals surface area (Å²) in [5.41, 5.74) is 2.81. The standard InChI is InChI=1S/C28H31Cl2N3O4S/c1-4-31-28(35)26(16-21-10-6-5-7-11-21)32(18-22-12-8-9-20(2)15-22)27(34)19-33(38(3,36)37)25-14-13-23(29)17-24(25)30/h5-15,17,26H,4,16,18-19H2,1-3H3,(H,31,35). The molecule has 1 N–H and O–H groups in total. The second kappa shape index (κ2) is 13.1. The van der Waals surface area contributed by atoms with Crippen molar-refractivity contribution in [2.45, 2.75) is 32.9 Å². The largest absolute Gasteiger partial charge is 0.355 e. The zero-order valence-corrected chi connectivity index (χ0v) is 23.9. The first-order chi connectivity index (χ1) is 18.0. The zero-order valence-electron chi connectivity index (χ0n) is 21.5. The molecule has 0 aliphatic heterocycles. The normalized spacial score (nSPS) is 12.0. The molecular formula is C28H31Cl2N3O4S. The summed E-state index contributed by atoms with van der Waals surface area (Å²) in [6.07, 6.45) is 1.26. The second-order valence-corrected chi connectivity index (χ2v) is 11.7. The molecule has 0 bridgehead atoms. The highest BCUT2D eigenvalue weighted by Crippen LogP contribution is 2.30. The van der Waals surface area contributed by atoms with Crippen LogP contribution in [0.25, 0.3) is 0 Å². The van der Waals surface area contributed by atoms with E-state index in [0.717, 1.165) is 27.3 Å². The number of likely N-dealkylation sites (N-methyl/N-ethyl adjacent to an activating group) is 1. The van der Waals surface area contributed by atoms with Crippen LogP contribution >= 0.6 is 23.2 Å². The molecule has 3 rings (SSSR count). The van der Waals surface area contributed by atoms with E-state index in [2.05, 4.69) is 5.32 Å². The fraction of sp³-hybridized carbons (Fsp3) is 0.286. The van der Waals surface area contributed by atoms with Gasteiger partial charge in [-0.05, 0) is 43.2 Å². The number of carbonyl (C=O) groups is 2. The Morgan fingerprint density at radius 2 is 1.63 bits per heavy atom. The average molecular weight is 577 g/mol. The smallest absolute Gasteiger partial charge is 0.244 e. The molecule has 1 atom stereocenters. The summed E-state index contributed by atoms with van der Waals surface area (Å²) in [7, 11) is -3.92. The number of anilines is 1. The number of amides is 2. The third-order valence-electron chi connectivity index (χ3n) is 5.92. The SMILES string of the molecule is CCNC(=O)C(Cc1ccccc1)N(Cc1cccc(C)c1)C(=O)CN(c1ccc(Cl)cc1Cl)S(C)(=O)=O. The lowest BCUT2D eigenvalue weighted by molar-refractivity contribution is -0.140. The van der Waals surface area contributed by atoms with Gasteiger partial charge >= 0.3 is 0 Å². The molecule has 202 valence electrons. The summed E-state index contributed by atoms with van der Waals surface area (Å²) in [6, 6.07) is 20.5. The van der Waals surface area contributed by atoms with Gasteiger partial charge in [0.2, 0.25) is 21.8 Å². The predicted octanol–water partition coefficient (Wildman–Crippen LogP) is 4.84. The number of rotatable bonds is 11. The monoisotopic (exact) mass is 575 g/mol. The maximum absolute atomic E-state index is 14.0. The van der Waals surface area contributed by atoms with Crippen LogP contribution in [0.4, 0.5) is 5.69 Å². The van der Waals surface area contributed by atoms with Gasteiger partial charge in [-0.2, -0.15) is 0 Å². The third kappa shape index (κ3) is 7.96. The lowest BCUT2D eigenvalue weighted by atomic mass is 10.0. The first kappa shape index (κ1) is 29.5. The molecule has 7 nitrogen and oxygen atoms in total. The molecule has 0 radical (unpaired) electrons. The topological polar surface area (TPSA) is 86.8 Å². The van der Waals surface area contributed by atoms with Crippen molar-refractivity contribution in [3.63, 3.8) is 0 Å². The minimum Gasteiger partial charge on any atom is -0.355 e. The van der Waals surface area contributed by atoms with E-state index in [0.29, 0.717) is 11.6 Å². The van der Waals surface area contributed by atoms with E-state index in [1.165, 1.54) is 23.1 Å². The first-order valence-corrected chi connectivity index (χ1v) is 14.7. The Bertz CT molecular complexity index is 1380. The van der Waals surface area contributed by atoms with Crippen molar-refractivity contribution in [2.75, 3.05) is 23.7 Å². The van der Waals surface area contributed by atoms with Crippen LogP contribution in [0.5, 0.6) is 0 Å². The number of hydrogen-bond donors (Lipinski definition) is 1. The van der Waals surface area contributed by atoms with Gasteiger partial charge in [-0.25, -0.2) is 8.42 Å². The maximum Gasteiger partial charge on any atom is 0.244 e. The molecule has 0 spiro atoms. The van der Waals surface area contributed by atoms with Crippen molar-refractivity contribution in [3.8, 4) is 0 Å². The van der Waals surface area contributed by atoms with E-state index < -0.39 is 28.5 Å². The molecule has 0 fully saturated rings. The number of aryl methyl sites for hydroxylation is 1. The second-order valence-electron chi connectivity index (χ2n) is 8.98. The molecule has 10 heteroatoms. The van der Waals surface area contributed by atoms with Crippen LogP contribution in [-0.4, -0.2) is 50.5 Å². The Morgan fingerprint density at radius 3 is 2.24 bits per heavy atom. The Balaban J connectivity index is 2.06. The minimum atomic E-state index is -3.92. The molecule has 38 heavy (non-hydrogen) atoms. The van der Waals surface area contributed by atoms with E-state index in [4.69, 9.17) is 23.2 Å². The highest BCUT2D eigenvalue weighted by molar-refractivity contribution is 7.92. The van der Waals surface area contributed by atoms with Gasteiger partial charge in [-0.1, -0.05) is 83.4 Å². The van der Waals surface area contributed by atoms with Gasteiger partial charge in [-0.3, -0.25) is 13.9 Å². The van der Waals surface area contributed by atoms with Gasteiger partial charge in [0, 0.05) is 24.5 Å². The van der Waals surface area contributed by atoms with Gasteiger partial charge in [0.1, 0.15) is 12.6 Å². The summed E-state index contributed by atoms with van der Waals surface area (Å²) < 4.78 is 26.6. The van der Waals surface area contributed by atoms with Crippen LogP contribution in [0.1, 0.15) is 23.6 Å². The molecule has 0 saturated heterocycles. The number of halogens is 2. The fourth-order valence-corrected chi connectivity index (χ4v) is 5.55. The Kier molecular flexibility index (Phi) is 10.2. The number of sulfonamides is 1. The molecule has 2 amide bonds. The van der Waals surface area contributed by atoms with Gasteiger partial charge in [0.15, 0.2) is 0 Å². The molecule has 3 aromatic carbocycles. The van der Waals surface area contributed by atoms with E-state index in [1.54, 1.807) is 6.92 Å². The van der Waals surface area contributed by atoms with Crippen LogP contribution < -0.4 is 9.62 Å². The molecule has 0 heterocycles. The third-order valence-corrected chi connectivity index (χ3v) is 7.58. The van der Waals surface area contributed by atoms with Crippen molar-refractivity contribution >= 4 is 50.7 Å². The highest BCUT2D eigenvalue weighted by Gasteiger charge is 2.33. The molecule has 0 aliphatic rings. The van der Waals surface area contributed by atoms with Gasteiger partial charge in [0.05, 0.1) is 17.0 Å². The van der Waals surface area contributed by atoms with Crippen LogP contribution in [0.3, 0.4) is 0 Å². The summed E-state index contributed by atoms with van der Waals surface area (Å²) >= 11 is 12.3. The Labute approximate surface area is 234 Å². The zero-order chi connectivity index (χ0) is 27.9. The van der Waals surface area contributed by atoms with Gasteiger partial charge in [0.25, 0.3) is 0 Å². The first-order valence-electron chi connectivity index (χ1n) is 12.1. The van der Waals surface area contributed by atoms with Gasteiger partial charge in [-0.15, -0.1) is 0 Å². The van der Waals surface area contributed by atoms with Crippen molar-refractivity contribution in [1.29, 1.82) is 0 Å². The quantitative estimate of drug-likeness (QED) is 0.354. The van der Waals surface area contributed by atoms with E-state index in [9.17, 15) is 18.0 Å². The number of nitrogens with zero attached hydrogens (tertiary/aromatic N) is 2. The summed E-state index contributed by atoms with van der Waals surface area (Å²) in [5, 5.41) is 3.25. The van der Waals surface area contributed by atoms with Crippen LogP contribution in [-0.2, 0) is 32.6 Å². The Morgan fingerprint density at radius 1 is 0.947 bits per heavy atom. The lowest BCUT2D eigenvalue weighted by Gasteiger charge is -2.33. The van der Waals surface area contributed by atoms with E-state index in [1.807, 2.05) is 61.5 Å². The summed E-state index contributed by atoms with van der Waals surface area (Å²) in [4.78, 5) is 28.7. The molecule has 0 aromatic heterocycles.